The molecular formula is C15H26N4O. The van der Waals surface area contributed by atoms with Gasteiger partial charge in [0.25, 0.3) is 5.91 Å². The van der Waals surface area contributed by atoms with Crippen molar-refractivity contribution in [3.8, 4) is 0 Å². The maximum atomic E-state index is 11.9. The number of rotatable bonds is 9. The Kier molecular flexibility index (Phi) is 7.65. The van der Waals surface area contributed by atoms with Crippen LogP contribution in [0.4, 0.5) is 5.82 Å². The average molecular weight is 278 g/mol. The first-order valence-corrected chi connectivity index (χ1v) is 7.41. The van der Waals surface area contributed by atoms with Gasteiger partial charge in [-0.25, -0.2) is 4.98 Å². The molecule has 20 heavy (non-hydrogen) atoms. The van der Waals surface area contributed by atoms with Crippen LogP contribution in [-0.2, 0) is 0 Å². The van der Waals surface area contributed by atoms with E-state index in [0.29, 0.717) is 12.1 Å². The summed E-state index contributed by atoms with van der Waals surface area (Å²) in [4.78, 5) is 18.5. The molecule has 0 aliphatic carbocycles. The van der Waals surface area contributed by atoms with Crippen LogP contribution in [-0.4, -0.2) is 48.5 Å². The number of hydrogen-bond acceptors (Lipinski definition) is 4. The molecule has 0 spiro atoms. The normalized spacial score (nSPS) is 10.6. The maximum absolute atomic E-state index is 11.9. The van der Waals surface area contributed by atoms with Crippen molar-refractivity contribution in [1.29, 1.82) is 0 Å². The maximum Gasteiger partial charge on any atom is 0.252 e. The lowest BCUT2D eigenvalue weighted by atomic mass is 10.2. The van der Waals surface area contributed by atoms with E-state index in [1.807, 2.05) is 13.0 Å². The lowest BCUT2D eigenvalue weighted by Crippen LogP contribution is -2.29. The van der Waals surface area contributed by atoms with Crippen LogP contribution in [0.15, 0.2) is 18.3 Å². The van der Waals surface area contributed by atoms with Crippen LogP contribution in [0, 0.1) is 0 Å². The fourth-order valence-corrected chi connectivity index (χ4v) is 1.96. The zero-order chi connectivity index (χ0) is 14.8. The molecule has 1 heterocycles. The minimum Gasteiger partial charge on any atom is -0.370 e. The van der Waals surface area contributed by atoms with Crippen LogP contribution in [0.3, 0.4) is 0 Å². The number of amides is 1. The predicted molar refractivity (Wildman–Crippen MR) is 83.1 cm³/mol. The third kappa shape index (κ3) is 5.57. The predicted octanol–water partition coefficient (Wildman–Crippen LogP) is 1.98. The van der Waals surface area contributed by atoms with Gasteiger partial charge in [0, 0.05) is 19.3 Å². The van der Waals surface area contributed by atoms with Crippen molar-refractivity contribution < 1.29 is 4.79 Å². The molecule has 0 bridgehead atoms. The molecule has 0 atom stereocenters. The van der Waals surface area contributed by atoms with Gasteiger partial charge in [-0.05, 0) is 45.1 Å². The second-order valence-electron chi connectivity index (χ2n) is 4.60. The van der Waals surface area contributed by atoms with E-state index in [4.69, 9.17) is 0 Å². The van der Waals surface area contributed by atoms with Crippen molar-refractivity contribution in [2.75, 3.05) is 38.0 Å². The van der Waals surface area contributed by atoms with Gasteiger partial charge in [0.15, 0.2) is 0 Å². The van der Waals surface area contributed by atoms with E-state index < -0.39 is 0 Å². The van der Waals surface area contributed by atoms with E-state index in [-0.39, 0.29) is 5.91 Å². The molecule has 0 saturated carbocycles. The molecule has 5 nitrogen and oxygen atoms in total. The minimum absolute atomic E-state index is 0.0555. The van der Waals surface area contributed by atoms with E-state index >= 15 is 0 Å². The lowest BCUT2D eigenvalue weighted by molar-refractivity contribution is 0.0951. The highest BCUT2D eigenvalue weighted by atomic mass is 16.1. The number of pyridine rings is 1. The number of nitrogens with one attached hydrogen (secondary N) is 2. The van der Waals surface area contributed by atoms with Gasteiger partial charge in [0.05, 0.1) is 5.56 Å². The molecule has 1 aromatic heterocycles. The summed E-state index contributed by atoms with van der Waals surface area (Å²) in [6.45, 7) is 11.0. The summed E-state index contributed by atoms with van der Waals surface area (Å²) in [6.07, 6.45) is 2.58. The van der Waals surface area contributed by atoms with E-state index in [2.05, 4.69) is 34.4 Å². The molecule has 1 aromatic rings. The number of carbonyl (C=O) groups excluding carboxylic acids is 1. The second-order valence-corrected chi connectivity index (χ2v) is 4.60. The van der Waals surface area contributed by atoms with Crippen molar-refractivity contribution in [1.82, 2.24) is 15.2 Å². The second kappa shape index (κ2) is 9.31. The van der Waals surface area contributed by atoms with E-state index in [0.717, 1.165) is 38.4 Å². The largest absolute Gasteiger partial charge is 0.370 e. The number of carbonyl (C=O) groups is 1. The summed E-state index contributed by atoms with van der Waals surface area (Å²) in [7, 11) is 0. The fraction of sp³-hybridized carbons (Fsp3) is 0.600. The molecular weight excluding hydrogens is 252 g/mol. The minimum atomic E-state index is -0.0555. The van der Waals surface area contributed by atoms with Crippen LogP contribution >= 0.6 is 0 Å². The first-order chi connectivity index (χ1) is 9.71. The summed E-state index contributed by atoms with van der Waals surface area (Å²) in [6, 6.07) is 3.62. The standard InChI is InChI=1S/C15H26N4O/c1-4-16-14-9-8-13(12-18-14)15(20)17-10-7-11-19(5-2)6-3/h8-9,12H,4-7,10-11H2,1-3H3,(H,16,18)(H,17,20). The molecule has 0 radical (unpaired) electrons. The van der Waals surface area contributed by atoms with E-state index in [9.17, 15) is 4.79 Å². The summed E-state index contributed by atoms with van der Waals surface area (Å²) in [5.74, 6) is 0.741. The summed E-state index contributed by atoms with van der Waals surface area (Å²) >= 11 is 0. The molecule has 5 heteroatoms. The average Bonchev–Trinajstić information content (AvgIpc) is 2.48. The SMILES string of the molecule is CCNc1ccc(C(=O)NCCCN(CC)CC)cn1. The number of aromatic nitrogens is 1. The van der Waals surface area contributed by atoms with Crippen molar-refractivity contribution >= 4 is 11.7 Å². The third-order valence-corrected chi connectivity index (χ3v) is 3.21. The van der Waals surface area contributed by atoms with Crippen LogP contribution < -0.4 is 10.6 Å². The Balaban J connectivity index is 2.32. The topological polar surface area (TPSA) is 57.3 Å². The van der Waals surface area contributed by atoms with Crippen molar-refractivity contribution in [3.05, 3.63) is 23.9 Å². The molecule has 1 rings (SSSR count). The highest BCUT2D eigenvalue weighted by molar-refractivity contribution is 5.93. The zero-order valence-corrected chi connectivity index (χ0v) is 12.8. The summed E-state index contributed by atoms with van der Waals surface area (Å²) in [5.41, 5.74) is 0.606. The van der Waals surface area contributed by atoms with Gasteiger partial charge in [0.2, 0.25) is 0 Å². The molecule has 112 valence electrons. The van der Waals surface area contributed by atoms with Crippen molar-refractivity contribution in [2.45, 2.75) is 27.2 Å². The molecule has 0 aromatic carbocycles. The first-order valence-electron chi connectivity index (χ1n) is 7.41. The molecule has 2 N–H and O–H groups in total. The molecule has 0 saturated heterocycles. The first kappa shape index (κ1) is 16.4. The number of nitrogens with zero attached hydrogens (tertiary/aromatic N) is 2. The van der Waals surface area contributed by atoms with Crippen molar-refractivity contribution in [2.24, 2.45) is 0 Å². The summed E-state index contributed by atoms with van der Waals surface area (Å²) < 4.78 is 0. The Morgan fingerprint density at radius 2 is 2.00 bits per heavy atom. The van der Waals surface area contributed by atoms with Gasteiger partial charge >= 0.3 is 0 Å². The molecule has 0 unspecified atom stereocenters. The van der Waals surface area contributed by atoms with Gasteiger partial charge < -0.3 is 15.5 Å². The Hall–Kier alpha value is -1.62. The van der Waals surface area contributed by atoms with E-state index in [1.54, 1.807) is 12.3 Å². The molecule has 1 amide bonds. The fourth-order valence-electron chi connectivity index (χ4n) is 1.96. The quantitative estimate of drug-likeness (QED) is 0.678. The Labute approximate surface area is 121 Å². The Morgan fingerprint density at radius 1 is 1.25 bits per heavy atom. The van der Waals surface area contributed by atoms with Gasteiger partial charge in [-0.2, -0.15) is 0 Å². The Morgan fingerprint density at radius 3 is 2.55 bits per heavy atom. The lowest BCUT2D eigenvalue weighted by Gasteiger charge is -2.17. The van der Waals surface area contributed by atoms with Gasteiger partial charge in [-0.15, -0.1) is 0 Å². The monoisotopic (exact) mass is 278 g/mol. The van der Waals surface area contributed by atoms with Gasteiger partial charge in [0.1, 0.15) is 5.82 Å². The van der Waals surface area contributed by atoms with Crippen LogP contribution in [0.2, 0.25) is 0 Å². The number of hydrogen-bond donors (Lipinski definition) is 2. The van der Waals surface area contributed by atoms with Crippen LogP contribution in [0.5, 0.6) is 0 Å². The number of anilines is 1. The van der Waals surface area contributed by atoms with Crippen LogP contribution in [0.1, 0.15) is 37.6 Å². The molecule has 0 fully saturated rings. The third-order valence-electron chi connectivity index (χ3n) is 3.21. The summed E-state index contributed by atoms with van der Waals surface area (Å²) in [5, 5.41) is 6.03. The Bertz CT molecular complexity index is 387. The smallest absolute Gasteiger partial charge is 0.252 e. The highest BCUT2D eigenvalue weighted by Gasteiger charge is 2.05. The zero-order valence-electron chi connectivity index (χ0n) is 12.8. The van der Waals surface area contributed by atoms with E-state index in [1.165, 1.54) is 0 Å². The van der Waals surface area contributed by atoms with Crippen LogP contribution in [0.25, 0.3) is 0 Å². The van der Waals surface area contributed by atoms with Gasteiger partial charge in [-0.1, -0.05) is 13.8 Å². The molecule has 0 aliphatic heterocycles. The molecule has 0 aliphatic rings. The van der Waals surface area contributed by atoms with Gasteiger partial charge in [-0.3, -0.25) is 4.79 Å². The highest BCUT2D eigenvalue weighted by Crippen LogP contribution is 2.04. The van der Waals surface area contributed by atoms with Crippen molar-refractivity contribution in [3.63, 3.8) is 0 Å².